The van der Waals surface area contributed by atoms with Crippen LogP contribution in [0.25, 0.3) is 0 Å². The molecule has 0 spiro atoms. The molecule has 1 aliphatic rings. The van der Waals surface area contributed by atoms with Crippen molar-refractivity contribution in [2.45, 2.75) is 51.5 Å². The molecule has 1 saturated heterocycles. The summed E-state index contributed by atoms with van der Waals surface area (Å²) in [6.07, 6.45) is 3.26. The Kier molecular flexibility index (Phi) is 5.79. The van der Waals surface area contributed by atoms with Gasteiger partial charge < -0.3 is 20.1 Å². The van der Waals surface area contributed by atoms with Crippen molar-refractivity contribution < 1.29 is 14.3 Å². The standard InChI is InChI=1S/C15H26N4O3/c1-11(2)22-7-5-15(20)19-10-13(21-3)8-12(19)9-18-6-4-14(16)17-18/h4,6,11-13H,5,7-10H2,1-3H3,(H2,16,17)/t12-,13-/m0/s1. The second-order valence-corrected chi connectivity index (χ2v) is 5.93. The molecule has 2 rings (SSSR count). The first kappa shape index (κ1) is 16.8. The summed E-state index contributed by atoms with van der Waals surface area (Å²) in [4.78, 5) is 14.3. The molecule has 1 amide bonds. The van der Waals surface area contributed by atoms with Crippen LogP contribution in [0.4, 0.5) is 5.82 Å². The first-order chi connectivity index (χ1) is 10.5. The van der Waals surface area contributed by atoms with E-state index in [2.05, 4.69) is 5.10 Å². The van der Waals surface area contributed by atoms with E-state index in [-0.39, 0.29) is 24.2 Å². The van der Waals surface area contributed by atoms with Crippen LogP contribution in [-0.4, -0.2) is 59.1 Å². The number of nitrogen functional groups attached to an aromatic ring is 1. The molecule has 0 saturated carbocycles. The number of amides is 1. The first-order valence-corrected chi connectivity index (χ1v) is 7.72. The van der Waals surface area contributed by atoms with E-state index in [0.29, 0.717) is 31.9 Å². The van der Waals surface area contributed by atoms with E-state index in [1.165, 1.54) is 0 Å². The lowest BCUT2D eigenvalue weighted by Gasteiger charge is -2.24. The molecule has 1 aromatic rings. The zero-order valence-electron chi connectivity index (χ0n) is 13.6. The van der Waals surface area contributed by atoms with Crippen LogP contribution in [0.3, 0.4) is 0 Å². The number of hydrogen-bond donors (Lipinski definition) is 1. The number of ether oxygens (including phenoxy) is 2. The Balaban J connectivity index is 1.94. The van der Waals surface area contributed by atoms with Gasteiger partial charge in [-0.05, 0) is 26.3 Å². The predicted octanol–water partition coefficient (Wildman–Crippen LogP) is 0.896. The summed E-state index contributed by atoms with van der Waals surface area (Å²) in [7, 11) is 1.68. The van der Waals surface area contributed by atoms with Crippen LogP contribution in [0, 0.1) is 0 Å². The van der Waals surface area contributed by atoms with Crippen LogP contribution in [-0.2, 0) is 20.8 Å². The first-order valence-electron chi connectivity index (χ1n) is 7.72. The molecular weight excluding hydrogens is 284 g/mol. The molecular formula is C15H26N4O3. The summed E-state index contributed by atoms with van der Waals surface area (Å²) in [5, 5.41) is 4.20. The fourth-order valence-electron chi connectivity index (χ4n) is 2.74. The molecule has 7 heteroatoms. The third-order valence-electron chi connectivity index (χ3n) is 3.86. The van der Waals surface area contributed by atoms with E-state index in [1.54, 1.807) is 17.9 Å². The number of nitrogens with zero attached hydrogens (tertiary/aromatic N) is 3. The van der Waals surface area contributed by atoms with Crippen LogP contribution in [0.1, 0.15) is 26.7 Å². The van der Waals surface area contributed by atoms with E-state index >= 15 is 0 Å². The van der Waals surface area contributed by atoms with Crippen molar-refractivity contribution in [3.8, 4) is 0 Å². The van der Waals surface area contributed by atoms with Crippen LogP contribution in [0.15, 0.2) is 12.3 Å². The lowest BCUT2D eigenvalue weighted by atomic mass is 10.2. The lowest BCUT2D eigenvalue weighted by Crippen LogP contribution is -2.39. The molecule has 0 radical (unpaired) electrons. The van der Waals surface area contributed by atoms with Crippen molar-refractivity contribution in [1.29, 1.82) is 0 Å². The SMILES string of the molecule is CO[C@H]1C[C@@H](Cn2ccc(N)n2)N(C(=O)CCOC(C)C)C1. The number of nitrogens with two attached hydrogens (primary N) is 1. The average Bonchev–Trinajstić information content (AvgIpc) is 3.05. The molecule has 7 nitrogen and oxygen atoms in total. The van der Waals surface area contributed by atoms with Crippen LogP contribution in [0.5, 0.6) is 0 Å². The highest BCUT2D eigenvalue weighted by Gasteiger charge is 2.35. The number of anilines is 1. The third-order valence-corrected chi connectivity index (χ3v) is 3.86. The third kappa shape index (κ3) is 4.45. The molecule has 2 heterocycles. The molecule has 1 aliphatic heterocycles. The lowest BCUT2D eigenvalue weighted by molar-refractivity contribution is -0.134. The van der Waals surface area contributed by atoms with E-state index in [9.17, 15) is 4.79 Å². The second-order valence-electron chi connectivity index (χ2n) is 5.93. The van der Waals surface area contributed by atoms with E-state index in [0.717, 1.165) is 6.42 Å². The van der Waals surface area contributed by atoms with Crippen LogP contribution >= 0.6 is 0 Å². The van der Waals surface area contributed by atoms with Gasteiger partial charge in [-0.25, -0.2) is 0 Å². The molecule has 2 N–H and O–H groups in total. The molecule has 22 heavy (non-hydrogen) atoms. The Labute approximate surface area is 131 Å². The van der Waals surface area contributed by atoms with Crippen molar-refractivity contribution >= 4 is 11.7 Å². The number of likely N-dealkylation sites (tertiary alicyclic amines) is 1. The highest BCUT2D eigenvalue weighted by atomic mass is 16.5. The summed E-state index contributed by atoms with van der Waals surface area (Å²) in [5.41, 5.74) is 5.64. The smallest absolute Gasteiger partial charge is 0.225 e. The zero-order valence-corrected chi connectivity index (χ0v) is 13.6. The van der Waals surface area contributed by atoms with Crippen molar-refractivity contribution in [2.24, 2.45) is 0 Å². The number of hydrogen-bond acceptors (Lipinski definition) is 5. The maximum absolute atomic E-state index is 12.4. The second kappa shape index (κ2) is 7.60. The minimum absolute atomic E-state index is 0.0767. The molecule has 1 aromatic heterocycles. The maximum Gasteiger partial charge on any atom is 0.225 e. The Hall–Kier alpha value is -1.60. The molecule has 0 aliphatic carbocycles. The highest BCUT2D eigenvalue weighted by molar-refractivity contribution is 5.77. The van der Waals surface area contributed by atoms with Gasteiger partial charge in [0.05, 0.1) is 37.8 Å². The average molecular weight is 310 g/mol. The molecule has 1 fully saturated rings. The van der Waals surface area contributed by atoms with Gasteiger partial charge >= 0.3 is 0 Å². The minimum atomic E-state index is 0.0767. The fourth-order valence-corrected chi connectivity index (χ4v) is 2.74. The van der Waals surface area contributed by atoms with E-state index in [1.807, 2.05) is 24.9 Å². The quantitative estimate of drug-likeness (QED) is 0.809. The van der Waals surface area contributed by atoms with Crippen molar-refractivity contribution in [1.82, 2.24) is 14.7 Å². The monoisotopic (exact) mass is 310 g/mol. The van der Waals surface area contributed by atoms with Gasteiger partial charge in [-0.1, -0.05) is 0 Å². The largest absolute Gasteiger partial charge is 0.382 e. The van der Waals surface area contributed by atoms with Gasteiger partial charge in [0.15, 0.2) is 0 Å². The number of rotatable bonds is 7. The molecule has 2 atom stereocenters. The summed E-state index contributed by atoms with van der Waals surface area (Å²) < 4.78 is 12.7. The van der Waals surface area contributed by atoms with Crippen LogP contribution < -0.4 is 5.73 Å². The van der Waals surface area contributed by atoms with Gasteiger partial charge in [0.1, 0.15) is 5.82 Å². The summed E-state index contributed by atoms with van der Waals surface area (Å²) in [5.74, 6) is 0.592. The van der Waals surface area contributed by atoms with Crippen molar-refractivity contribution in [3.05, 3.63) is 12.3 Å². The number of methoxy groups -OCH3 is 1. The topological polar surface area (TPSA) is 82.6 Å². The molecule has 124 valence electrons. The Bertz CT molecular complexity index is 489. The van der Waals surface area contributed by atoms with Gasteiger partial charge in [0.2, 0.25) is 5.91 Å². The molecule has 0 unspecified atom stereocenters. The maximum atomic E-state index is 12.4. The van der Waals surface area contributed by atoms with Gasteiger partial charge in [-0.3, -0.25) is 9.48 Å². The Morgan fingerprint density at radius 3 is 2.91 bits per heavy atom. The molecule has 0 bridgehead atoms. The van der Waals surface area contributed by atoms with E-state index in [4.69, 9.17) is 15.2 Å². The Morgan fingerprint density at radius 1 is 1.55 bits per heavy atom. The fraction of sp³-hybridized carbons (Fsp3) is 0.733. The van der Waals surface area contributed by atoms with Crippen molar-refractivity contribution in [2.75, 3.05) is 26.0 Å². The number of aromatic nitrogens is 2. The predicted molar refractivity (Wildman–Crippen MR) is 83.3 cm³/mol. The minimum Gasteiger partial charge on any atom is -0.382 e. The summed E-state index contributed by atoms with van der Waals surface area (Å²) in [6.45, 7) is 5.64. The van der Waals surface area contributed by atoms with E-state index < -0.39 is 0 Å². The number of carbonyl (C=O) groups excluding carboxylic acids is 1. The van der Waals surface area contributed by atoms with Gasteiger partial charge in [0.25, 0.3) is 0 Å². The zero-order chi connectivity index (χ0) is 16.1. The summed E-state index contributed by atoms with van der Waals surface area (Å²) >= 11 is 0. The van der Waals surface area contributed by atoms with Crippen LogP contribution in [0.2, 0.25) is 0 Å². The normalized spacial score (nSPS) is 21.7. The highest BCUT2D eigenvalue weighted by Crippen LogP contribution is 2.22. The summed E-state index contributed by atoms with van der Waals surface area (Å²) in [6, 6.07) is 1.83. The molecule has 0 aromatic carbocycles. The van der Waals surface area contributed by atoms with Crippen molar-refractivity contribution in [3.63, 3.8) is 0 Å². The van der Waals surface area contributed by atoms with Gasteiger partial charge in [0, 0.05) is 19.9 Å². The van der Waals surface area contributed by atoms with Gasteiger partial charge in [-0.2, -0.15) is 5.10 Å². The van der Waals surface area contributed by atoms with Gasteiger partial charge in [-0.15, -0.1) is 0 Å². The Morgan fingerprint density at radius 2 is 2.32 bits per heavy atom. The number of carbonyl (C=O) groups is 1.